The standard InChI is InChI=1S/C21H23N3O6/c1-15(16-7-3-2-4-8-16)22-20(26)14-30-21(27)12-6-11-19(25)23-17-9-5-10-18(13-17)24(28)29/h2-5,7-10,13,15H,6,11-12,14H2,1H3,(H,22,26)(H,23,25)/t15-/m0/s1. The number of anilines is 1. The first-order valence-corrected chi connectivity index (χ1v) is 9.39. The summed E-state index contributed by atoms with van der Waals surface area (Å²) in [6.45, 7) is 1.44. The van der Waals surface area contributed by atoms with E-state index in [0.29, 0.717) is 5.69 Å². The van der Waals surface area contributed by atoms with Crippen molar-refractivity contribution >= 4 is 29.2 Å². The summed E-state index contributed by atoms with van der Waals surface area (Å²) in [6, 6.07) is 14.7. The minimum atomic E-state index is -0.583. The van der Waals surface area contributed by atoms with Crippen LogP contribution in [0.4, 0.5) is 11.4 Å². The second-order valence-corrected chi connectivity index (χ2v) is 6.57. The molecule has 9 heteroatoms. The quantitative estimate of drug-likeness (QED) is 0.350. The number of carbonyl (C=O) groups excluding carboxylic acids is 3. The van der Waals surface area contributed by atoms with Crippen molar-refractivity contribution in [3.63, 3.8) is 0 Å². The molecule has 2 aromatic rings. The van der Waals surface area contributed by atoms with Crippen LogP contribution in [0.1, 0.15) is 37.8 Å². The summed E-state index contributed by atoms with van der Waals surface area (Å²) in [5, 5.41) is 16.0. The van der Waals surface area contributed by atoms with Gasteiger partial charge in [0, 0.05) is 30.7 Å². The maximum atomic E-state index is 11.9. The largest absolute Gasteiger partial charge is 0.456 e. The second-order valence-electron chi connectivity index (χ2n) is 6.57. The number of nitro benzene ring substituents is 1. The molecule has 0 unspecified atom stereocenters. The van der Waals surface area contributed by atoms with Crippen molar-refractivity contribution < 1.29 is 24.0 Å². The van der Waals surface area contributed by atoms with Gasteiger partial charge < -0.3 is 15.4 Å². The van der Waals surface area contributed by atoms with Crippen LogP contribution >= 0.6 is 0 Å². The van der Waals surface area contributed by atoms with E-state index in [1.807, 2.05) is 37.3 Å². The fourth-order valence-electron chi connectivity index (χ4n) is 2.64. The monoisotopic (exact) mass is 413 g/mol. The number of rotatable bonds is 10. The number of nitrogens with one attached hydrogen (secondary N) is 2. The van der Waals surface area contributed by atoms with Crippen LogP contribution in [-0.4, -0.2) is 29.3 Å². The van der Waals surface area contributed by atoms with Crippen molar-refractivity contribution in [3.05, 3.63) is 70.3 Å². The van der Waals surface area contributed by atoms with E-state index in [-0.39, 0.29) is 36.9 Å². The number of hydrogen-bond donors (Lipinski definition) is 2. The van der Waals surface area contributed by atoms with Crippen molar-refractivity contribution in [1.82, 2.24) is 5.32 Å². The Hall–Kier alpha value is -3.75. The van der Waals surface area contributed by atoms with Crippen molar-refractivity contribution in [2.45, 2.75) is 32.2 Å². The summed E-state index contributed by atoms with van der Waals surface area (Å²) in [5.41, 5.74) is 1.11. The number of hydrogen-bond acceptors (Lipinski definition) is 6. The molecule has 30 heavy (non-hydrogen) atoms. The third-order valence-corrected chi connectivity index (χ3v) is 4.17. The first kappa shape index (κ1) is 22.5. The van der Waals surface area contributed by atoms with Crippen molar-refractivity contribution in [1.29, 1.82) is 0 Å². The van der Waals surface area contributed by atoms with Crippen molar-refractivity contribution in [3.8, 4) is 0 Å². The number of esters is 1. The fraction of sp³-hybridized carbons (Fsp3) is 0.286. The van der Waals surface area contributed by atoms with Gasteiger partial charge in [-0.1, -0.05) is 36.4 Å². The molecule has 0 spiro atoms. The number of nitro groups is 1. The Bertz CT molecular complexity index is 901. The Balaban J connectivity index is 1.64. The van der Waals surface area contributed by atoms with Crippen LogP contribution in [0.25, 0.3) is 0 Å². The molecule has 0 fully saturated rings. The number of benzene rings is 2. The summed E-state index contributed by atoms with van der Waals surface area (Å²) >= 11 is 0. The Morgan fingerprint density at radius 2 is 1.77 bits per heavy atom. The van der Waals surface area contributed by atoms with E-state index >= 15 is 0 Å². The van der Waals surface area contributed by atoms with E-state index in [2.05, 4.69) is 10.6 Å². The molecule has 9 nitrogen and oxygen atoms in total. The van der Waals surface area contributed by atoms with E-state index in [0.717, 1.165) is 5.56 Å². The molecule has 0 aliphatic carbocycles. The average molecular weight is 413 g/mol. The molecular weight excluding hydrogens is 390 g/mol. The fourth-order valence-corrected chi connectivity index (χ4v) is 2.64. The van der Waals surface area contributed by atoms with Crippen LogP contribution < -0.4 is 10.6 Å². The van der Waals surface area contributed by atoms with Gasteiger partial charge in [-0.3, -0.25) is 24.5 Å². The van der Waals surface area contributed by atoms with Crippen molar-refractivity contribution in [2.75, 3.05) is 11.9 Å². The predicted octanol–water partition coefficient (Wildman–Crippen LogP) is 3.12. The zero-order valence-corrected chi connectivity index (χ0v) is 16.5. The van der Waals surface area contributed by atoms with Crippen LogP contribution in [0.3, 0.4) is 0 Å². The smallest absolute Gasteiger partial charge is 0.306 e. The highest BCUT2D eigenvalue weighted by molar-refractivity contribution is 5.91. The molecule has 0 aliphatic heterocycles. The second kappa shape index (κ2) is 11.3. The number of amides is 2. The van der Waals surface area contributed by atoms with Gasteiger partial charge in [0.15, 0.2) is 6.61 Å². The molecule has 1 atom stereocenters. The first-order valence-electron chi connectivity index (χ1n) is 9.39. The Morgan fingerprint density at radius 3 is 2.47 bits per heavy atom. The third-order valence-electron chi connectivity index (χ3n) is 4.17. The van der Waals surface area contributed by atoms with Gasteiger partial charge in [-0.05, 0) is 25.0 Å². The summed E-state index contributed by atoms with van der Waals surface area (Å²) < 4.78 is 4.93. The Labute approximate surface area is 173 Å². The highest BCUT2D eigenvalue weighted by Gasteiger charge is 2.13. The van der Waals surface area contributed by atoms with Gasteiger partial charge in [0.2, 0.25) is 5.91 Å². The van der Waals surface area contributed by atoms with Gasteiger partial charge in [-0.2, -0.15) is 0 Å². The number of carbonyl (C=O) groups is 3. The molecular formula is C21H23N3O6. The van der Waals surface area contributed by atoms with Gasteiger partial charge in [0.05, 0.1) is 11.0 Å². The van der Waals surface area contributed by atoms with Gasteiger partial charge >= 0.3 is 5.97 Å². The van der Waals surface area contributed by atoms with Crippen LogP contribution in [0.15, 0.2) is 54.6 Å². The van der Waals surface area contributed by atoms with Gasteiger partial charge in [-0.15, -0.1) is 0 Å². The maximum Gasteiger partial charge on any atom is 0.306 e. The van der Waals surface area contributed by atoms with Crippen LogP contribution in [0.5, 0.6) is 0 Å². The van der Waals surface area contributed by atoms with E-state index < -0.39 is 23.4 Å². The minimum absolute atomic E-state index is 0.0239. The van der Waals surface area contributed by atoms with E-state index in [1.165, 1.54) is 24.3 Å². The SMILES string of the molecule is C[C@H](NC(=O)COC(=O)CCCC(=O)Nc1cccc([N+](=O)[O-])c1)c1ccccc1. The van der Waals surface area contributed by atoms with E-state index in [4.69, 9.17) is 4.74 Å². The van der Waals surface area contributed by atoms with Gasteiger partial charge in [0.25, 0.3) is 11.6 Å². The molecule has 2 aromatic carbocycles. The van der Waals surface area contributed by atoms with Gasteiger partial charge in [0.1, 0.15) is 0 Å². The van der Waals surface area contributed by atoms with Crippen LogP contribution in [0, 0.1) is 10.1 Å². The predicted molar refractivity (Wildman–Crippen MR) is 110 cm³/mol. The number of nitrogens with zero attached hydrogens (tertiary/aromatic N) is 1. The van der Waals surface area contributed by atoms with E-state index in [9.17, 15) is 24.5 Å². The highest BCUT2D eigenvalue weighted by Crippen LogP contribution is 2.17. The number of ether oxygens (including phenoxy) is 1. The lowest BCUT2D eigenvalue weighted by atomic mass is 10.1. The normalized spacial score (nSPS) is 11.2. The Kier molecular flexibility index (Phi) is 8.49. The molecule has 2 rings (SSSR count). The van der Waals surface area contributed by atoms with Gasteiger partial charge in [-0.25, -0.2) is 0 Å². The third kappa shape index (κ3) is 7.70. The molecule has 0 saturated carbocycles. The van der Waals surface area contributed by atoms with Crippen LogP contribution in [-0.2, 0) is 19.1 Å². The summed E-state index contributed by atoms with van der Waals surface area (Å²) in [5.74, 6) is -1.37. The molecule has 0 aliphatic rings. The topological polar surface area (TPSA) is 128 Å². The zero-order chi connectivity index (χ0) is 21.9. The lowest BCUT2D eigenvalue weighted by molar-refractivity contribution is -0.384. The first-order chi connectivity index (χ1) is 14.3. The highest BCUT2D eigenvalue weighted by atomic mass is 16.6. The molecule has 2 N–H and O–H groups in total. The summed E-state index contributed by atoms with van der Waals surface area (Å²) in [7, 11) is 0. The minimum Gasteiger partial charge on any atom is -0.456 e. The van der Waals surface area contributed by atoms with Crippen LogP contribution in [0.2, 0.25) is 0 Å². The molecule has 0 aromatic heterocycles. The lowest BCUT2D eigenvalue weighted by Crippen LogP contribution is -2.31. The van der Waals surface area contributed by atoms with Crippen molar-refractivity contribution in [2.24, 2.45) is 0 Å². The molecule has 0 heterocycles. The maximum absolute atomic E-state index is 11.9. The molecule has 0 bridgehead atoms. The summed E-state index contributed by atoms with van der Waals surface area (Å²) in [6.07, 6.45) is 0.237. The Morgan fingerprint density at radius 1 is 1.03 bits per heavy atom. The molecule has 2 amide bonds. The zero-order valence-electron chi connectivity index (χ0n) is 16.5. The average Bonchev–Trinajstić information content (AvgIpc) is 2.73. The molecule has 0 radical (unpaired) electrons. The summed E-state index contributed by atoms with van der Waals surface area (Å²) in [4.78, 5) is 45.7. The van der Waals surface area contributed by atoms with E-state index in [1.54, 1.807) is 0 Å². The lowest BCUT2D eigenvalue weighted by Gasteiger charge is -2.14. The molecule has 0 saturated heterocycles. The number of non-ortho nitro benzene ring substituents is 1. The molecule has 158 valence electrons.